The molecule has 106 valence electrons. The maximum Gasteiger partial charge on any atom is 0.305 e. The van der Waals surface area contributed by atoms with Gasteiger partial charge in [0, 0.05) is 13.5 Å². The van der Waals surface area contributed by atoms with Crippen LogP contribution in [-0.4, -0.2) is 34.3 Å². The number of hydrogen-bond acceptors (Lipinski definition) is 4. The minimum atomic E-state index is -3.41. The number of aryl methyl sites for hydroxylation is 1. The van der Waals surface area contributed by atoms with E-state index in [0.717, 1.165) is 5.56 Å². The quantitative estimate of drug-likeness (QED) is 0.746. The van der Waals surface area contributed by atoms with Crippen LogP contribution in [0.25, 0.3) is 0 Å². The lowest BCUT2D eigenvalue weighted by molar-refractivity contribution is -0.140. The molecule has 1 aromatic carbocycles. The number of hydrogen-bond donors (Lipinski definition) is 0. The Kier molecular flexibility index (Phi) is 5.35. The lowest BCUT2D eigenvalue weighted by atomic mass is 10.2. The van der Waals surface area contributed by atoms with Gasteiger partial charge in [0.25, 0.3) is 0 Å². The van der Waals surface area contributed by atoms with Gasteiger partial charge in [-0.05, 0) is 25.0 Å². The zero-order valence-corrected chi connectivity index (χ0v) is 12.2. The van der Waals surface area contributed by atoms with E-state index in [4.69, 9.17) is 0 Å². The van der Waals surface area contributed by atoms with Crippen LogP contribution < -0.4 is 4.31 Å². The molecule has 0 bridgehead atoms. The molecule has 0 heterocycles. The summed E-state index contributed by atoms with van der Waals surface area (Å²) in [7, 11) is -0.603. The Morgan fingerprint density at radius 3 is 2.53 bits per heavy atom. The molecule has 1 rings (SSSR count). The number of ether oxygens (including phenoxy) is 1. The Morgan fingerprint density at radius 1 is 1.32 bits per heavy atom. The summed E-state index contributed by atoms with van der Waals surface area (Å²) in [5.41, 5.74) is 1.54. The van der Waals surface area contributed by atoms with Crippen molar-refractivity contribution in [2.45, 2.75) is 19.8 Å². The first-order valence-corrected chi connectivity index (χ1v) is 7.58. The molecule has 0 fully saturated rings. The highest BCUT2D eigenvalue weighted by atomic mass is 32.2. The molecule has 0 saturated heterocycles. The fourth-order valence-corrected chi connectivity index (χ4v) is 2.99. The summed E-state index contributed by atoms with van der Waals surface area (Å²) in [5, 5.41) is 0. The van der Waals surface area contributed by atoms with Crippen LogP contribution in [-0.2, 0) is 19.6 Å². The molecule has 1 aromatic rings. The van der Waals surface area contributed by atoms with E-state index in [1.165, 1.54) is 18.5 Å². The van der Waals surface area contributed by atoms with Crippen LogP contribution in [0.5, 0.6) is 0 Å². The van der Waals surface area contributed by atoms with Crippen molar-refractivity contribution in [3.8, 4) is 0 Å². The molecule has 5 nitrogen and oxygen atoms in total. The van der Waals surface area contributed by atoms with Crippen LogP contribution in [0.2, 0.25) is 0 Å². The summed E-state index contributed by atoms with van der Waals surface area (Å²) >= 11 is 0. The summed E-state index contributed by atoms with van der Waals surface area (Å²) < 4.78 is 30.0. The van der Waals surface area contributed by atoms with Crippen molar-refractivity contribution in [3.05, 3.63) is 29.8 Å². The third-order valence-corrected chi connectivity index (χ3v) is 4.72. The molecule has 0 amide bonds. The topological polar surface area (TPSA) is 63.7 Å². The fraction of sp³-hybridized carbons (Fsp3) is 0.462. The van der Waals surface area contributed by atoms with Gasteiger partial charge < -0.3 is 4.74 Å². The predicted molar refractivity (Wildman–Crippen MR) is 74.6 cm³/mol. The van der Waals surface area contributed by atoms with Crippen molar-refractivity contribution in [1.82, 2.24) is 0 Å². The molecule has 0 spiro atoms. The van der Waals surface area contributed by atoms with Crippen molar-refractivity contribution in [2.24, 2.45) is 0 Å². The average Bonchev–Trinajstić information content (AvgIpc) is 2.38. The molecular weight excluding hydrogens is 266 g/mol. The van der Waals surface area contributed by atoms with Gasteiger partial charge in [-0.3, -0.25) is 9.10 Å². The first-order valence-electron chi connectivity index (χ1n) is 5.97. The van der Waals surface area contributed by atoms with Gasteiger partial charge in [-0.1, -0.05) is 18.2 Å². The second-order valence-electron chi connectivity index (χ2n) is 4.25. The number of carbonyl (C=O) groups is 1. The van der Waals surface area contributed by atoms with Crippen molar-refractivity contribution in [2.75, 3.05) is 24.2 Å². The Labute approximate surface area is 114 Å². The van der Waals surface area contributed by atoms with Gasteiger partial charge in [-0.2, -0.15) is 0 Å². The highest BCUT2D eigenvalue weighted by molar-refractivity contribution is 7.92. The average molecular weight is 285 g/mol. The Balaban J connectivity index is 2.72. The minimum absolute atomic E-state index is 0.0765. The molecule has 0 aliphatic carbocycles. The van der Waals surface area contributed by atoms with E-state index in [9.17, 15) is 13.2 Å². The van der Waals surface area contributed by atoms with Crippen LogP contribution in [0, 0.1) is 6.92 Å². The van der Waals surface area contributed by atoms with Gasteiger partial charge in [-0.15, -0.1) is 0 Å². The molecule has 0 N–H and O–H groups in total. The second-order valence-corrected chi connectivity index (χ2v) is 6.37. The number of para-hydroxylation sites is 1. The first-order chi connectivity index (χ1) is 8.88. The monoisotopic (exact) mass is 285 g/mol. The van der Waals surface area contributed by atoms with E-state index >= 15 is 0 Å². The second kappa shape index (κ2) is 6.56. The number of benzene rings is 1. The highest BCUT2D eigenvalue weighted by Gasteiger charge is 2.19. The van der Waals surface area contributed by atoms with E-state index in [-0.39, 0.29) is 18.6 Å². The van der Waals surface area contributed by atoms with Crippen molar-refractivity contribution in [1.29, 1.82) is 0 Å². The Morgan fingerprint density at radius 2 is 1.95 bits per heavy atom. The lowest BCUT2D eigenvalue weighted by Gasteiger charge is -2.21. The number of anilines is 1. The Bertz CT molecular complexity index is 539. The summed E-state index contributed by atoms with van der Waals surface area (Å²) in [6.07, 6.45) is 0.364. The van der Waals surface area contributed by atoms with E-state index in [2.05, 4.69) is 4.74 Å². The number of carbonyl (C=O) groups excluding carboxylic acids is 1. The molecule has 0 aliphatic rings. The smallest absolute Gasteiger partial charge is 0.305 e. The largest absolute Gasteiger partial charge is 0.469 e. The van der Waals surface area contributed by atoms with Crippen molar-refractivity contribution < 1.29 is 17.9 Å². The molecule has 19 heavy (non-hydrogen) atoms. The first kappa shape index (κ1) is 15.5. The standard InChI is InChI=1S/C13H19NO4S/c1-11-7-4-5-8-12(11)14(2)19(16,17)10-6-9-13(15)18-3/h4-5,7-8H,6,9-10H2,1-3H3. The van der Waals surface area contributed by atoms with Gasteiger partial charge >= 0.3 is 5.97 Å². The minimum Gasteiger partial charge on any atom is -0.469 e. The lowest BCUT2D eigenvalue weighted by Crippen LogP contribution is -2.29. The number of rotatable bonds is 6. The molecular formula is C13H19NO4S. The van der Waals surface area contributed by atoms with Gasteiger partial charge in [0.05, 0.1) is 18.6 Å². The molecule has 0 saturated carbocycles. The van der Waals surface area contributed by atoms with E-state index in [1.54, 1.807) is 12.1 Å². The van der Waals surface area contributed by atoms with Crippen LogP contribution in [0.4, 0.5) is 5.69 Å². The number of sulfonamides is 1. The third-order valence-electron chi connectivity index (χ3n) is 2.88. The highest BCUT2D eigenvalue weighted by Crippen LogP contribution is 2.21. The summed E-state index contributed by atoms with van der Waals surface area (Å²) in [6, 6.07) is 7.27. The molecule has 0 unspecified atom stereocenters. The molecule has 0 aliphatic heterocycles. The fourth-order valence-electron chi connectivity index (χ4n) is 1.70. The van der Waals surface area contributed by atoms with Gasteiger partial charge in [0.15, 0.2) is 0 Å². The maximum atomic E-state index is 12.1. The normalized spacial score (nSPS) is 11.1. The van der Waals surface area contributed by atoms with Gasteiger partial charge in [0.2, 0.25) is 10.0 Å². The third kappa shape index (κ3) is 4.24. The van der Waals surface area contributed by atoms with Crippen LogP contribution >= 0.6 is 0 Å². The molecule has 0 aromatic heterocycles. The number of nitrogens with zero attached hydrogens (tertiary/aromatic N) is 1. The molecule has 0 radical (unpaired) electrons. The zero-order valence-electron chi connectivity index (χ0n) is 11.4. The van der Waals surface area contributed by atoms with E-state index in [0.29, 0.717) is 5.69 Å². The van der Waals surface area contributed by atoms with Crippen LogP contribution in [0.3, 0.4) is 0 Å². The summed E-state index contributed by atoms with van der Waals surface area (Å²) in [5.74, 6) is -0.471. The predicted octanol–water partition coefficient (Wildman–Crippen LogP) is 1.71. The summed E-state index contributed by atoms with van der Waals surface area (Å²) in [4.78, 5) is 11.0. The van der Waals surface area contributed by atoms with E-state index in [1.807, 2.05) is 19.1 Å². The van der Waals surface area contributed by atoms with Crippen LogP contribution in [0.1, 0.15) is 18.4 Å². The van der Waals surface area contributed by atoms with Crippen molar-refractivity contribution in [3.63, 3.8) is 0 Å². The van der Waals surface area contributed by atoms with Crippen molar-refractivity contribution >= 4 is 21.7 Å². The number of esters is 1. The van der Waals surface area contributed by atoms with Gasteiger partial charge in [-0.25, -0.2) is 8.42 Å². The van der Waals surface area contributed by atoms with Gasteiger partial charge in [0.1, 0.15) is 0 Å². The summed E-state index contributed by atoms with van der Waals surface area (Å²) in [6.45, 7) is 1.86. The van der Waals surface area contributed by atoms with E-state index < -0.39 is 16.0 Å². The number of methoxy groups -OCH3 is 1. The molecule has 6 heteroatoms. The molecule has 0 atom stereocenters. The van der Waals surface area contributed by atoms with Crippen LogP contribution in [0.15, 0.2) is 24.3 Å². The Hall–Kier alpha value is -1.56. The maximum absolute atomic E-state index is 12.1. The zero-order chi connectivity index (χ0) is 14.5. The SMILES string of the molecule is COC(=O)CCCS(=O)(=O)N(C)c1ccccc1C.